The van der Waals surface area contributed by atoms with Crippen molar-refractivity contribution < 1.29 is 4.79 Å². The molecule has 1 aliphatic carbocycles. The van der Waals surface area contributed by atoms with E-state index in [4.69, 9.17) is 0 Å². The maximum absolute atomic E-state index is 11.7. The van der Waals surface area contributed by atoms with Crippen LogP contribution in [-0.4, -0.2) is 5.78 Å². The molecule has 0 radical (unpaired) electrons. The fourth-order valence-corrected chi connectivity index (χ4v) is 2.97. The predicted octanol–water partition coefficient (Wildman–Crippen LogP) is 4.15. The van der Waals surface area contributed by atoms with E-state index < -0.39 is 0 Å². The first-order valence-corrected chi connectivity index (χ1v) is 6.25. The maximum Gasteiger partial charge on any atom is 0.133 e. The number of carbonyl (C=O) groups excluding carboxylic acids is 1. The Morgan fingerprint density at radius 2 is 2.12 bits per heavy atom. The van der Waals surface area contributed by atoms with E-state index in [0.717, 1.165) is 12.8 Å². The van der Waals surface area contributed by atoms with Crippen LogP contribution in [-0.2, 0) is 4.79 Å². The molecule has 1 nitrogen and oxygen atoms in total. The van der Waals surface area contributed by atoms with Crippen molar-refractivity contribution in [2.24, 2.45) is 17.8 Å². The summed E-state index contributed by atoms with van der Waals surface area (Å²) in [5.74, 6) is 1.48. The first-order chi connectivity index (χ1) is 7.45. The summed E-state index contributed by atoms with van der Waals surface area (Å²) in [7, 11) is 0. The Morgan fingerprint density at radius 1 is 1.50 bits per heavy atom. The fourth-order valence-electron chi connectivity index (χ4n) is 2.97. The molecule has 0 aromatic rings. The van der Waals surface area contributed by atoms with Gasteiger partial charge in [-0.05, 0) is 52.4 Å². The van der Waals surface area contributed by atoms with Gasteiger partial charge in [-0.2, -0.15) is 0 Å². The molecule has 1 rings (SSSR count). The third-order valence-corrected chi connectivity index (χ3v) is 3.74. The topological polar surface area (TPSA) is 17.1 Å². The van der Waals surface area contributed by atoms with E-state index in [-0.39, 0.29) is 5.92 Å². The van der Waals surface area contributed by atoms with Crippen LogP contribution < -0.4 is 0 Å². The van der Waals surface area contributed by atoms with Gasteiger partial charge in [0, 0.05) is 5.92 Å². The smallest absolute Gasteiger partial charge is 0.133 e. The van der Waals surface area contributed by atoms with E-state index in [1.165, 1.54) is 11.1 Å². The first kappa shape index (κ1) is 13.2. The van der Waals surface area contributed by atoms with E-state index >= 15 is 0 Å². The van der Waals surface area contributed by atoms with Crippen LogP contribution in [0.4, 0.5) is 0 Å². The predicted molar refractivity (Wildman–Crippen MR) is 69.2 cm³/mol. The van der Waals surface area contributed by atoms with Gasteiger partial charge in [0.1, 0.15) is 5.78 Å². The molecule has 0 aromatic heterocycles. The lowest BCUT2D eigenvalue weighted by atomic mass is 9.70. The van der Waals surface area contributed by atoms with Crippen molar-refractivity contribution in [2.75, 3.05) is 0 Å². The lowest BCUT2D eigenvalue weighted by molar-refractivity contribution is -0.123. The number of Topliss-reactive ketones (excluding diaryl/α,β-unsaturated/α-hetero) is 1. The van der Waals surface area contributed by atoms with Crippen molar-refractivity contribution in [2.45, 2.75) is 47.5 Å². The third kappa shape index (κ3) is 3.07. The second kappa shape index (κ2) is 5.47. The molecular weight excluding hydrogens is 196 g/mol. The van der Waals surface area contributed by atoms with Crippen LogP contribution in [0.2, 0.25) is 0 Å². The maximum atomic E-state index is 11.7. The summed E-state index contributed by atoms with van der Waals surface area (Å²) >= 11 is 0. The van der Waals surface area contributed by atoms with Gasteiger partial charge in [0.25, 0.3) is 0 Å². The SMILES string of the molecule is CC=C(C)CC1C=C(C)CC(C)C1C(C)=O. The summed E-state index contributed by atoms with van der Waals surface area (Å²) in [5.41, 5.74) is 2.83. The van der Waals surface area contributed by atoms with Crippen LogP contribution in [0.15, 0.2) is 23.3 Å². The summed E-state index contributed by atoms with van der Waals surface area (Å²) in [6, 6.07) is 0. The van der Waals surface area contributed by atoms with Crippen LogP contribution >= 0.6 is 0 Å². The highest BCUT2D eigenvalue weighted by atomic mass is 16.1. The van der Waals surface area contributed by atoms with Crippen LogP contribution in [0.1, 0.15) is 47.5 Å². The lowest BCUT2D eigenvalue weighted by Crippen LogP contribution is -2.30. The summed E-state index contributed by atoms with van der Waals surface area (Å²) in [5, 5.41) is 0. The Morgan fingerprint density at radius 3 is 2.62 bits per heavy atom. The first-order valence-electron chi connectivity index (χ1n) is 6.25. The minimum absolute atomic E-state index is 0.221. The third-order valence-electron chi connectivity index (χ3n) is 3.74. The monoisotopic (exact) mass is 220 g/mol. The van der Waals surface area contributed by atoms with Crippen LogP contribution in [0.3, 0.4) is 0 Å². The van der Waals surface area contributed by atoms with Crippen molar-refractivity contribution >= 4 is 5.78 Å². The summed E-state index contributed by atoms with van der Waals surface area (Å²) in [6.45, 7) is 10.4. The molecule has 0 aliphatic heterocycles. The number of rotatable bonds is 3. The van der Waals surface area contributed by atoms with E-state index in [1.807, 2.05) is 0 Å². The number of allylic oxidation sites excluding steroid dienone is 4. The van der Waals surface area contributed by atoms with Crippen molar-refractivity contribution in [3.63, 3.8) is 0 Å². The Balaban J connectivity index is 2.91. The molecule has 0 saturated heterocycles. The number of ketones is 1. The molecule has 1 heteroatoms. The summed E-state index contributed by atoms with van der Waals surface area (Å²) in [4.78, 5) is 11.7. The molecule has 0 spiro atoms. The molecule has 0 heterocycles. The zero-order chi connectivity index (χ0) is 12.3. The average Bonchev–Trinajstić information content (AvgIpc) is 2.15. The summed E-state index contributed by atoms with van der Waals surface area (Å²) in [6.07, 6.45) is 6.58. The Labute approximate surface area is 99.6 Å². The van der Waals surface area contributed by atoms with Crippen molar-refractivity contribution in [1.82, 2.24) is 0 Å². The Hall–Kier alpha value is -0.850. The van der Waals surface area contributed by atoms with Crippen LogP contribution in [0, 0.1) is 17.8 Å². The van der Waals surface area contributed by atoms with Gasteiger partial charge in [-0.3, -0.25) is 4.79 Å². The van der Waals surface area contributed by atoms with Gasteiger partial charge in [0.2, 0.25) is 0 Å². The quantitative estimate of drug-likeness (QED) is 0.653. The molecule has 90 valence electrons. The Bertz CT molecular complexity index is 322. The molecule has 0 bridgehead atoms. The number of hydrogen-bond donors (Lipinski definition) is 0. The highest BCUT2D eigenvalue weighted by molar-refractivity contribution is 5.79. The van der Waals surface area contributed by atoms with Gasteiger partial charge >= 0.3 is 0 Å². The average molecular weight is 220 g/mol. The second-order valence-electron chi connectivity index (χ2n) is 5.33. The largest absolute Gasteiger partial charge is 0.300 e. The number of carbonyl (C=O) groups is 1. The molecule has 0 aromatic carbocycles. The van der Waals surface area contributed by atoms with E-state index in [1.54, 1.807) is 6.92 Å². The van der Waals surface area contributed by atoms with Crippen molar-refractivity contribution in [1.29, 1.82) is 0 Å². The van der Waals surface area contributed by atoms with Gasteiger partial charge in [-0.1, -0.05) is 30.2 Å². The van der Waals surface area contributed by atoms with Gasteiger partial charge in [0.15, 0.2) is 0 Å². The minimum Gasteiger partial charge on any atom is -0.300 e. The van der Waals surface area contributed by atoms with E-state index in [9.17, 15) is 4.79 Å². The highest BCUT2D eigenvalue weighted by Crippen LogP contribution is 2.37. The molecule has 0 fully saturated rings. The van der Waals surface area contributed by atoms with E-state index in [0.29, 0.717) is 17.6 Å². The standard InChI is InChI=1S/C15H24O/c1-6-10(2)8-14-9-11(3)7-12(4)15(14)13(5)16/h6,9,12,14-15H,7-8H2,1-5H3. The van der Waals surface area contributed by atoms with Crippen LogP contribution in [0.25, 0.3) is 0 Å². The van der Waals surface area contributed by atoms with Crippen molar-refractivity contribution in [3.8, 4) is 0 Å². The molecule has 1 aliphatic rings. The minimum atomic E-state index is 0.221. The Kier molecular flexibility index (Phi) is 4.52. The molecule has 0 amide bonds. The van der Waals surface area contributed by atoms with Gasteiger partial charge in [0.05, 0.1) is 0 Å². The van der Waals surface area contributed by atoms with Gasteiger partial charge in [-0.15, -0.1) is 0 Å². The number of hydrogen-bond acceptors (Lipinski definition) is 1. The highest BCUT2D eigenvalue weighted by Gasteiger charge is 2.32. The molecular formula is C15H24O. The normalized spacial score (nSPS) is 31.2. The fraction of sp³-hybridized carbons (Fsp3) is 0.667. The van der Waals surface area contributed by atoms with Gasteiger partial charge < -0.3 is 0 Å². The zero-order valence-electron chi connectivity index (χ0n) is 11.2. The molecule has 3 unspecified atom stereocenters. The lowest BCUT2D eigenvalue weighted by Gasteiger charge is -2.33. The molecule has 16 heavy (non-hydrogen) atoms. The molecule has 0 N–H and O–H groups in total. The summed E-state index contributed by atoms with van der Waals surface area (Å²) < 4.78 is 0. The van der Waals surface area contributed by atoms with Crippen molar-refractivity contribution in [3.05, 3.63) is 23.3 Å². The molecule has 0 saturated carbocycles. The van der Waals surface area contributed by atoms with Crippen LogP contribution in [0.5, 0.6) is 0 Å². The molecule has 3 atom stereocenters. The van der Waals surface area contributed by atoms with E-state index in [2.05, 4.69) is 39.8 Å². The van der Waals surface area contributed by atoms with Gasteiger partial charge in [-0.25, -0.2) is 0 Å². The second-order valence-corrected chi connectivity index (χ2v) is 5.33. The zero-order valence-corrected chi connectivity index (χ0v) is 11.2.